The van der Waals surface area contributed by atoms with Crippen molar-refractivity contribution in [2.45, 2.75) is 25.7 Å². The van der Waals surface area contributed by atoms with Gasteiger partial charge in [0.05, 0.1) is 5.75 Å². The second kappa shape index (κ2) is 7.03. The summed E-state index contributed by atoms with van der Waals surface area (Å²) in [6, 6.07) is 13.9. The molecule has 0 fully saturated rings. The largest absolute Gasteiger partial charge is 0.229 e. The van der Waals surface area contributed by atoms with Crippen molar-refractivity contribution in [3.05, 3.63) is 59.9 Å². The van der Waals surface area contributed by atoms with Crippen molar-refractivity contribution in [1.29, 1.82) is 0 Å². The Morgan fingerprint density at radius 1 is 1.09 bits per heavy atom. The summed E-state index contributed by atoms with van der Waals surface area (Å²) in [7, 11) is -3.52. The molecule has 0 saturated carbocycles. The fraction of sp³-hybridized carbons (Fsp3) is 0.294. The van der Waals surface area contributed by atoms with E-state index in [1.165, 1.54) is 6.07 Å². The summed E-state index contributed by atoms with van der Waals surface area (Å²) in [5, 5.41) is 5.17. The normalized spacial score (nSPS) is 13.0. The number of hydrogen-bond donors (Lipinski definition) is 1. The maximum absolute atomic E-state index is 13.8. The quantitative estimate of drug-likeness (QED) is 0.882. The van der Waals surface area contributed by atoms with Crippen molar-refractivity contribution >= 4 is 10.0 Å². The van der Waals surface area contributed by atoms with Gasteiger partial charge >= 0.3 is 0 Å². The Balaban J connectivity index is 2.28. The van der Waals surface area contributed by atoms with Gasteiger partial charge in [0.1, 0.15) is 5.82 Å². The zero-order chi connectivity index (χ0) is 16.2. The molecule has 2 aromatic rings. The highest BCUT2D eigenvalue weighted by Crippen LogP contribution is 2.27. The molecule has 0 spiro atoms. The highest BCUT2D eigenvalue weighted by Gasteiger charge is 2.17. The fourth-order valence-electron chi connectivity index (χ4n) is 2.61. The molecule has 0 aliphatic heterocycles. The van der Waals surface area contributed by atoms with Crippen LogP contribution in [-0.2, 0) is 10.0 Å². The van der Waals surface area contributed by atoms with E-state index in [9.17, 15) is 12.8 Å². The Labute approximate surface area is 131 Å². The van der Waals surface area contributed by atoms with Crippen LogP contribution in [0.15, 0.2) is 48.5 Å². The minimum atomic E-state index is -3.52. The molecular weight excluding hydrogens is 301 g/mol. The van der Waals surface area contributed by atoms with Gasteiger partial charge in [-0.25, -0.2) is 17.9 Å². The minimum absolute atomic E-state index is 0.0696. The lowest BCUT2D eigenvalue weighted by atomic mass is 9.94. The molecule has 0 bridgehead atoms. The van der Waals surface area contributed by atoms with Gasteiger partial charge in [-0.15, -0.1) is 0 Å². The van der Waals surface area contributed by atoms with Crippen LogP contribution >= 0.6 is 0 Å². The molecular formula is C17H20FNO2S. The second-order valence-corrected chi connectivity index (χ2v) is 7.08. The molecule has 2 N–H and O–H groups in total. The SMILES string of the molecule is CCCC(CS(N)(=O)=O)c1ccc(-c2ccccc2F)cc1. The average molecular weight is 321 g/mol. The third-order valence-electron chi connectivity index (χ3n) is 3.64. The maximum Gasteiger partial charge on any atom is 0.209 e. The van der Waals surface area contributed by atoms with Crippen molar-refractivity contribution in [2.24, 2.45) is 5.14 Å². The Morgan fingerprint density at radius 2 is 1.73 bits per heavy atom. The molecule has 0 heterocycles. The number of sulfonamides is 1. The Hall–Kier alpha value is -1.72. The first-order chi connectivity index (χ1) is 10.4. The number of rotatable bonds is 6. The summed E-state index contributed by atoms with van der Waals surface area (Å²) in [6.45, 7) is 2.00. The van der Waals surface area contributed by atoms with Crippen LogP contribution in [0.2, 0.25) is 0 Å². The molecule has 3 nitrogen and oxygen atoms in total. The molecule has 0 aromatic heterocycles. The van der Waals surface area contributed by atoms with E-state index in [-0.39, 0.29) is 17.5 Å². The zero-order valence-electron chi connectivity index (χ0n) is 12.5. The number of halogens is 1. The van der Waals surface area contributed by atoms with Crippen LogP contribution in [-0.4, -0.2) is 14.2 Å². The van der Waals surface area contributed by atoms with Crippen molar-refractivity contribution in [2.75, 3.05) is 5.75 Å². The number of nitrogens with two attached hydrogens (primary N) is 1. The third kappa shape index (κ3) is 4.39. The lowest BCUT2D eigenvalue weighted by molar-refractivity contribution is 0.580. The Bertz CT molecular complexity index is 727. The third-order valence-corrected chi connectivity index (χ3v) is 4.50. The molecule has 2 rings (SSSR count). The van der Waals surface area contributed by atoms with Gasteiger partial charge in [-0.2, -0.15) is 0 Å². The lowest BCUT2D eigenvalue weighted by Crippen LogP contribution is -2.22. The first kappa shape index (κ1) is 16.6. The number of primary sulfonamides is 1. The van der Waals surface area contributed by atoms with Gasteiger partial charge in [-0.1, -0.05) is 55.8 Å². The summed E-state index contributed by atoms with van der Waals surface area (Å²) in [6.07, 6.45) is 1.62. The predicted molar refractivity (Wildman–Crippen MR) is 87.5 cm³/mol. The molecule has 118 valence electrons. The van der Waals surface area contributed by atoms with Crippen molar-refractivity contribution in [1.82, 2.24) is 0 Å². The summed E-state index contributed by atoms with van der Waals surface area (Å²) in [4.78, 5) is 0. The van der Waals surface area contributed by atoms with E-state index in [0.29, 0.717) is 5.56 Å². The van der Waals surface area contributed by atoms with E-state index >= 15 is 0 Å². The maximum atomic E-state index is 13.8. The van der Waals surface area contributed by atoms with E-state index in [0.717, 1.165) is 24.0 Å². The van der Waals surface area contributed by atoms with Crippen LogP contribution in [0.1, 0.15) is 31.2 Å². The number of benzene rings is 2. The molecule has 1 atom stereocenters. The first-order valence-corrected chi connectivity index (χ1v) is 8.97. The van der Waals surface area contributed by atoms with Crippen LogP contribution in [0.25, 0.3) is 11.1 Å². The molecule has 1 unspecified atom stereocenters. The average Bonchev–Trinajstić information content (AvgIpc) is 2.46. The van der Waals surface area contributed by atoms with Gasteiger partial charge in [0, 0.05) is 5.56 Å². The second-order valence-electron chi connectivity index (χ2n) is 5.42. The molecule has 5 heteroatoms. The molecule has 0 aliphatic carbocycles. The van der Waals surface area contributed by atoms with Gasteiger partial charge in [-0.05, 0) is 29.5 Å². The van der Waals surface area contributed by atoms with Gasteiger partial charge < -0.3 is 0 Å². The van der Waals surface area contributed by atoms with E-state index in [4.69, 9.17) is 5.14 Å². The van der Waals surface area contributed by atoms with E-state index in [1.54, 1.807) is 18.2 Å². The fourth-order valence-corrected chi connectivity index (χ4v) is 3.53. The standard InChI is InChI=1S/C17H20FNO2S/c1-2-5-15(12-22(19,20)21)13-8-10-14(11-9-13)16-6-3-4-7-17(16)18/h3-4,6-11,15H,2,5,12H2,1H3,(H2,19,20,21). The van der Waals surface area contributed by atoms with Gasteiger partial charge in [0.2, 0.25) is 10.0 Å². The van der Waals surface area contributed by atoms with Gasteiger partial charge in [-0.3, -0.25) is 0 Å². The van der Waals surface area contributed by atoms with E-state index < -0.39 is 10.0 Å². The van der Waals surface area contributed by atoms with Crippen molar-refractivity contribution < 1.29 is 12.8 Å². The van der Waals surface area contributed by atoms with Crippen LogP contribution in [0.4, 0.5) is 4.39 Å². The molecule has 0 saturated heterocycles. The highest BCUT2D eigenvalue weighted by molar-refractivity contribution is 7.89. The minimum Gasteiger partial charge on any atom is -0.229 e. The Kier molecular flexibility index (Phi) is 5.32. The predicted octanol–water partition coefficient (Wildman–Crippen LogP) is 3.66. The van der Waals surface area contributed by atoms with Crippen LogP contribution in [0.5, 0.6) is 0 Å². The molecule has 22 heavy (non-hydrogen) atoms. The highest BCUT2D eigenvalue weighted by atomic mass is 32.2. The van der Waals surface area contributed by atoms with Crippen LogP contribution in [0.3, 0.4) is 0 Å². The van der Waals surface area contributed by atoms with Crippen molar-refractivity contribution in [3.8, 4) is 11.1 Å². The topological polar surface area (TPSA) is 60.2 Å². The molecule has 0 radical (unpaired) electrons. The van der Waals surface area contributed by atoms with E-state index in [2.05, 4.69) is 0 Å². The van der Waals surface area contributed by atoms with Gasteiger partial charge in [0.15, 0.2) is 0 Å². The van der Waals surface area contributed by atoms with Crippen LogP contribution in [0, 0.1) is 5.82 Å². The smallest absolute Gasteiger partial charge is 0.209 e. The van der Waals surface area contributed by atoms with Crippen LogP contribution < -0.4 is 5.14 Å². The summed E-state index contributed by atoms with van der Waals surface area (Å²) >= 11 is 0. The summed E-state index contributed by atoms with van der Waals surface area (Å²) in [5.41, 5.74) is 2.22. The Morgan fingerprint density at radius 3 is 2.27 bits per heavy atom. The number of hydrogen-bond acceptors (Lipinski definition) is 2. The lowest BCUT2D eigenvalue weighted by Gasteiger charge is -2.16. The zero-order valence-corrected chi connectivity index (χ0v) is 13.3. The molecule has 2 aromatic carbocycles. The summed E-state index contributed by atoms with van der Waals surface area (Å²) < 4.78 is 36.5. The van der Waals surface area contributed by atoms with Crippen molar-refractivity contribution in [3.63, 3.8) is 0 Å². The van der Waals surface area contributed by atoms with E-state index in [1.807, 2.05) is 31.2 Å². The molecule has 0 amide bonds. The molecule has 0 aliphatic rings. The van der Waals surface area contributed by atoms with Gasteiger partial charge in [0.25, 0.3) is 0 Å². The summed E-state index contributed by atoms with van der Waals surface area (Å²) in [5.74, 6) is -0.473. The monoisotopic (exact) mass is 321 g/mol. The first-order valence-electron chi connectivity index (χ1n) is 7.26.